The van der Waals surface area contributed by atoms with E-state index in [1.54, 1.807) is 31.3 Å². The summed E-state index contributed by atoms with van der Waals surface area (Å²) in [5.74, 6) is 1.09. The van der Waals surface area contributed by atoms with Crippen molar-refractivity contribution in [2.75, 3.05) is 14.2 Å². The van der Waals surface area contributed by atoms with Crippen LogP contribution in [0.2, 0.25) is 0 Å². The number of hydrogen-bond acceptors (Lipinski definition) is 4. The molecule has 1 heterocycles. The van der Waals surface area contributed by atoms with Gasteiger partial charge in [0.25, 0.3) is 5.91 Å². The van der Waals surface area contributed by atoms with Crippen LogP contribution in [0.5, 0.6) is 11.5 Å². The maximum absolute atomic E-state index is 12.7. The van der Waals surface area contributed by atoms with Gasteiger partial charge in [-0.1, -0.05) is 36.4 Å². The number of amides is 1. The first-order chi connectivity index (χ1) is 12.1. The normalized spacial score (nSPS) is 15.4. The maximum atomic E-state index is 12.7. The smallest absolute Gasteiger partial charge is 0.276 e. The van der Waals surface area contributed by atoms with Gasteiger partial charge >= 0.3 is 0 Å². The van der Waals surface area contributed by atoms with E-state index in [-0.39, 0.29) is 5.91 Å². The zero-order valence-corrected chi connectivity index (χ0v) is 14.8. The number of ether oxygens (including phenoxy) is 2. The third-order valence-corrected chi connectivity index (χ3v) is 4.19. The Labute approximate surface area is 151 Å². The van der Waals surface area contributed by atoms with E-state index in [1.807, 2.05) is 42.5 Å². The van der Waals surface area contributed by atoms with Gasteiger partial charge in [-0.3, -0.25) is 9.69 Å². The second kappa shape index (κ2) is 7.36. The fourth-order valence-electron chi connectivity index (χ4n) is 2.59. The van der Waals surface area contributed by atoms with E-state index in [2.05, 4.69) is 5.32 Å². The topological polar surface area (TPSA) is 50.8 Å². The SMILES string of the molecule is COc1ccc(/C=C2/NC(=S)N(Cc3ccccc3)C2=O)cc1OC. The highest BCUT2D eigenvalue weighted by atomic mass is 32.1. The summed E-state index contributed by atoms with van der Waals surface area (Å²) in [6, 6.07) is 15.2. The Morgan fingerprint density at radius 3 is 2.48 bits per heavy atom. The average Bonchev–Trinajstić information content (AvgIpc) is 2.90. The van der Waals surface area contributed by atoms with Crippen LogP contribution in [0, 0.1) is 0 Å². The molecule has 1 fully saturated rings. The standard InChI is InChI=1S/C19H18N2O3S/c1-23-16-9-8-14(11-17(16)24-2)10-15-18(22)21(19(25)20-15)12-13-6-4-3-5-7-13/h3-11H,12H2,1-2H3,(H,20,25)/b15-10+. The van der Waals surface area contributed by atoms with Gasteiger partial charge in [-0.15, -0.1) is 0 Å². The summed E-state index contributed by atoms with van der Waals surface area (Å²) in [5.41, 5.74) is 2.28. The number of thiocarbonyl (C=S) groups is 1. The number of carbonyl (C=O) groups is 1. The monoisotopic (exact) mass is 354 g/mol. The van der Waals surface area contributed by atoms with Gasteiger partial charge in [-0.2, -0.15) is 0 Å². The minimum absolute atomic E-state index is 0.149. The molecule has 2 aromatic carbocycles. The molecule has 25 heavy (non-hydrogen) atoms. The lowest BCUT2D eigenvalue weighted by molar-refractivity contribution is -0.122. The van der Waals surface area contributed by atoms with Crippen molar-refractivity contribution in [3.8, 4) is 11.5 Å². The molecule has 0 bridgehead atoms. The zero-order valence-electron chi connectivity index (χ0n) is 14.0. The van der Waals surface area contributed by atoms with E-state index >= 15 is 0 Å². The molecule has 6 heteroatoms. The Morgan fingerprint density at radius 2 is 1.80 bits per heavy atom. The first-order valence-corrected chi connectivity index (χ1v) is 8.13. The van der Waals surface area contributed by atoms with Crippen LogP contribution in [0.3, 0.4) is 0 Å². The van der Waals surface area contributed by atoms with E-state index in [1.165, 1.54) is 0 Å². The molecule has 1 aliphatic heterocycles. The molecule has 3 rings (SSSR count). The fourth-order valence-corrected chi connectivity index (χ4v) is 2.85. The number of benzene rings is 2. The first kappa shape index (κ1) is 17.0. The molecule has 0 spiro atoms. The van der Waals surface area contributed by atoms with E-state index < -0.39 is 0 Å². The summed E-state index contributed by atoms with van der Waals surface area (Å²) in [5, 5.41) is 3.39. The fraction of sp³-hybridized carbons (Fsp3) is 0.158. The third kappa shape index (κ3) is 3.64. The van der Waals surface area contributed by atoms with E-state index in [9.17, 15) is 4.79 Å². The highest BCUT2D eigenvalue weighted by Gasteiger charge is 2.30. The minimum atomic E-state index is -0.149. The van der Waals surface area contributed by atoms with E-state index in [4.69, 9.17) is 21.7 Å². The van der Waals surface area contributed by atoms with Crippen LogP contribution in [-0.4, -0.2) is 30.1 Å². The molecule has 128 valence electrons. The number of carbonyl (C=O) groups excluding carboxylic acids is 1. The lowest BCUT2D eigenvalue weighted by Crippen LogP contribution is -2.29. The molecular weight excluding hydrogens is 336 g/mol. The summed E-state index contributed by atoms with van der Waals surface area (Å²) in [7, 11) is 3.16. The second-order valence-electron chi connectivity index (χ2n) is 5.48. The number of hydrogen-bond donors (Lipinski definition) is 1. The molecule has 5 nitrogen and oxygen atoms in total. The molecule has 1 amide bonds. The molecule has 2 aromatic rings. The van der Waals surface area contributed by atoms with Crippen molar-refractivity contribution >= 4 is 29.3 Å². The predicted molar refractivity (Wildman–Crippen MR) is 100 cm³/mol. The van der Waals surface area contributed by atoms with Crippen molar-refractivity contribution < 1.29 is 14.3 Å². The van der Waals surface area contributed by atoms with Crippen molar-refractivity contribution in [2.45, 2.75) is 6.54 Å². The lowest BCUT2D eigenvalue weighted by atomic mass is 10.1. The molecule has 0 atom stereocenters. The van der Waals surface area contributed by atoms with E-state index in [0.717, 1.165) is 11.1 Å². The third-order valence-electron chi connectivity index (χ3n) is 3.86. The Kier molecular flexibility index (Phi) is 5.00. The molecule has 0 unspecified atom stereocenters. The van der Waals surface area contributed by atoms with Gasteiger partial charge in [0.1, 0.15) is 5.70 Å². The van der Waals surface area contributed by atoms with Crippen LogP contribution in [-0.2, 0) is 11.3 Å². The Hall–Kier alpha value is -2.86. The minimum Gasteiger partial charge on any atom is -0.493 e. The second-order valence-corrected chi connectivity index (χ2v) is 5.87. The van der Waals surface area contributed by atoms with Crippen molar-refractivity contribution in [1.29, 1.82) is 0 Å². The van der Waals surface area contributed by atoms with Crippen molar-refractivity contribution in [1.82, 2.24) is 10.2 Å². The van der Waals surface area contributed by atoms with Gasteiger partial charge in [0.05, 0.1) is 20.8 Å². The lowest BCUT2D eigenvalue weighted by Gasteiger charge is -2.13. The van der Waals surface area contributed by atoms with Crippen LogP contribution in [0.15, 0.2) is 54.2 Å². The van der Waals surface area contributed by atoms with Crippen LogP contribution < -0.4 is 14.8 Å². The van der Waals surface area contributed by atoms with Crippen LogP contribution in [0.4, 0.5) is 0 Å². The summed E-state index contributed by atoms with van der Waals surface area (Å²) >= 11 is 5.31. The van der Waals surface area contributed by atoms with E-state index in [0.29, 0.717) is 28.9 Å². The summed E-state index contributed by atoms with van der Waals surface area (Å²) in [4.78, 5) is 14.2. The van der Waals surface area contributed by atoms with Gasteiger partial charge in [-0.05, 0) is 41.6 Å². The zero-order chi connectivity index (χ0) is 17.8. The van der Waals surface area contributed by atoms with Gasteiger partial charge in [-0.25, -0.2) is 0 Å². The molecule has 1 N–H and O–H groups in total. The van der Waals surface area contributed by atoms with Gasteiger partial charge in [0, 0.05) is 0 Å². The number of nitrogens with zero attached hydrogens (tertiary/aromatic N) is 1. The highest BCUT2D eigenvalue weighted by Crippen LogP contribution is 2.28. The average molecular weight is 354 g/mol. The molecule has 0 aliphatic carbocycles. The summed E-state index contributed by atoms with van der Waals surface area (Å²) in [6.07, 6.45) is 1.75. The van der Waals surface area contributed by atoms with Gasteiger partial charge in [0.2, 0.25) is 0 Å². The molecule has 1 aliphatic rings. The van der Waals surface area contributed by atoms with Crippen LogP contribution >= 0.6 is 12.2 Å². The van der Waals surface area contributed by atoms with Crippen LogP contribution in [0.25, 0.3) is 6.08 Å². The number of nitrogens with one attached hydrogen (secondary N) is 1. The predicted octanol–water partition coefficient (Wildman–Crippen LogP) is 2.96. The first-order valence-electron chi connectivity index (χ1n) is 7.73. The summed E-state index contributed by atoms with van der Waals surface area (Å²) < 4.78 is 10.5. The van der Waals surface area contributed by atoms with Gasteiger partial charge < -0.3 is 14.8 Å². The Bertz CT molecular complexity index is 834. The molecule has 0 saturated carbocycles. The molecule has 0 radical (unpaired) electrons. The number of methoxy groups -OCH3 is 2. The molecule has 0 aromatic heterocycles. The maximum Gasteiger partial charge on any atom is 0.276 e. The van der Waals surface area contributed by atoms with Crippen LogP contribution in [0.1, 0.15) is 11.1 Å². The van der Waals surface area contributed by atoms with Crippen molar-refractivity contribution in [2.24, 2.45) is 0 Å². The number of rotatable bonds is 5. The van der Waals surface area contributed by atoms with Crippen molar-refractivity contribution in [3.63, 3.8) is 0 Å². The molecule has 1 saturated heterocycles. The Morgan fingerprint density at radius 1 is 1.08 bits per heavy atom. The van der Waals surface area contributed by atoms with Gasteiger partial charge in [0.15, 0.2) is 16.6 Å². The highest BCUT2D eigenvalue weighted by molar-refractivity contribution is 7.80. The van der Waals surface area contributed by atoms with Crippen molar-refractivity contribution in [3.05, 3.63) is 65.4 Å². The molecular formula is C19H18N2O3S. The Balaban J connectivity index is 1.83. The summed E-state index contributed by atoms with van der Waals surface area (Å²) in [6.45, 7) is 0.439. The quantitative estimate of drug-likeness (QED) is 0.661. The largest absolute Gasteiger partial charge is 0.493 e.